The Morgan fingerprint density at radius 1 is 0.840 bits per heavy atom. The van der Waals surface area contributed by atoms with Crippen LogP contribution < -0.4 is 4.90 Å². The van der Waals surface area contributed by atoms with E-state index in [2.05, 4.69) is 12.2 Å². The van der Waals surface area contributed by atoms with Crippen molar-refractivity contribution in [2.75, 3.05) is 4.90 Å². The van der Waals surface area contributed by atoms with Crippen LogP contribution in [0.25, 0.3) is 0 Å². The van der Waals surface area contributed by atoms with Gasteiger partial charge in [-0.2, -0.15) is 0 Å². The number of hydrogen-bond acceptors (Lipinski definition) is 2. The van der Waals surface area contributed by atoms with E-state index in [0.29, 0.717) is 5.69 Å². The number of imide groups is 1. The minimum Gasteiger partial charge on any atom is -0.274 e. The van der Waals surface area contributed by atoms with Crippen LogP contribution in [-0.4, -0.2) is 11.8 Å². The van der Waals surface area contributed by atoms with Crippen molar-refractivity contribution < 1.29 is 14.0 Å². The number of rotatable bonds is 1. The highest BCUT2D eigenvalue weighted by molar-refractivity contribution is 6.23. The van der Waals surface area contributed by atoms with Crippen LogP contribution in [0.3, 0.4) is 0 Å². The van der Waals surface area contributed by atoms with E-state index in [1.54, 1.807) is 0 Å². The number of carbonyl (C=O) groups is 2. The summed E-state index contributed by atoms with van der Waals surface area (Å²) in [5.41, 5.74) is 3.35. The van der Waals surface area contributed by atoms with Crippen LogP contribution in [0.1, 0.15) is 32.1 Å². The molecule has 3 nitrogen and oxygen atoms in total. The van der Waals surface area contributed by atoms with Crippen LogP contribution in [0.2, 0.25) is 0 Å². The third kappa shape index (κ3) is 2.03. The predicted octanol–water partition coefficient (Wildman–Crippen LogP) is 4.01. The first-order valence-electron chi connectivity index (χ1n) is 9.20. The summed E-state index contributed by atoms with van der Waals surface area (Å²) in [6.07, 6.45) is 10.2. The Balaban J connectivity index is 1.52. The molecule has 0 spiro atoms. The average Bonchev–Trinajstić information content (AvgIpc) is 3.27. The summed E-state index contributed by atoms with van der Waals surface area (Å²) in [6, 6.07) is 5.63. The Morgan fingerprint density at radius 3 is 1.96 bits per heavy atom. The van der Waals surface area contributed by atoms with Crippen LogP contribution in [0.5, 0.6) is 0 Å². The molecule has 0 N–H and O–H groups in total. The van der Waals surface area contributed by atoms with E-state index in [9.17, 15) is 14.0 Å². The molecule has 1 aromatic carbocycles. The van der Waals surface area contributed by atoms with Crippen molar-refractivity contribution >= 4 is 17.5 Å². The molecule has 1 aliphatic heterocycles. The average molecular weight is 337 g/mol. The van der Waals surface area contributed by atoms with Gasteiger partial charge in [0.1, 0.15) is 5.82 Å². The zero-order chi connectivity index (χ0) is 17.1. The summed E-state index contributed by atoms with van der Waals surface area (Å²) in [7, 11) is 0. The van der Waals surface area contributed by atoms with Gasteiger partial charge >= 0.3 is 0 Å². The van der Waals surface area contributed by atoms with Gasteiger partial charge in [-0.15, -0.1) is 0 Å². The third-order valence-electron chi connectivity index (χ3n) is 6.37. The van der Waals surface area contributed by atoms with Crippen molar-refractivity contribution in [3.05, 3.63) is 53.4 Å². The molecule has 1 heterocycles. The maximum Gasteiger partial charge on any atom is 0.238 e. The van der Waals surface area contributed by atoms with Gasteiger partial charge in [0.15, 0.2) is 0 Å². The number of amides is 2. The summed E-state index contributed by atoms with van der Waals surface area (Å²) in [6.45, 7) is 0. The van der Waals surface area contributed by atoms with E-state index in [1.165, 1.54) is 59.6 Å². The van der Waals surface area contributed by atoms with E-state index in [4.69, 9.17) is 0 Å². The number of benzene rings is 1. The predicted molar refractivity (Wildman–Crippen MR) is 92.1 cm³/mol. The standard InChI is InChI=1S/C21H20FNO2/c22-13-6-8-14(9-7-13)23-20(24)18-15-10-11-16(19(18)21(23)25)17(15)12-4-2-1-3-5-12/h6-11,15-16,18-19H,1-5H2/t15-,16-,18-,19+/m0/s1. The van der Waals surface area contributed by atoms with Gasteiger partial charge in [0, 0.05) is 11.8 Å². The topological polar surface area (TPSA) is 37.4 Å². The van der Waals surface area contributed by atoms with Gasteiger partial charge in [-0.1, -0.05) is 29.7 Å². The number of nitrogens with zero attached hydrogens (tertiary/aromatic N) is 1. The summed E-state index contributed by atoms with van der Waals surface area (Å²) < 4.78 is 13.2. The lowest BCUT2D eigenvalue weighted by molar-refractivity contribution is -0.122. The summed E-state index contributed by atoms with van der Waals surface area (Å²) in [5.74, 6) is -0.960. The van der Waals surface area contributed by atoms with Crippen molar-refractivity contribution in [3.8, 4) is 0 Å². The number of carbonyl (C=O) groups excluding carboxylic acids is 2. The fourth-order valence-corrected chi connectivity index (χ4v) is 5.35. The highest BCUT2D eigenvalue weighted by atomic mass is 19.1. The molecular formula is C21H20FNO2. The lowest BCUT2D eigenvalue weighted by atomic mass is 9.85. The SMILES string of the molecule is O=C1[C@@H]2[C@H](C(=O)N1c1ccc(F)cc1)[C@H]1C=C[C@H]2C1=C1CCCCC1. The quantitative estimate of drug-likeness (QED) is 0.574. The number of fused-ring (bicyclic) bond motifs is 5. The second-order valence-corrected chi connectivity index (χ2v) is 7.60. The summed E-state index contributed by atoms with van der Waals surface area (Å²) in [4.78, 5) is 27.4. The highest BCUT2D eigenvalue weighted by Crippen LogP contribution is 2.58. The van der Waals surface area contributed by atoms with Gasteiger partial charge in [0.05, 0.1) is 17.5 Å². The molecule has 0 aromatic heterocycles. The molecule has 1 saturated heterocycles. The molecule has 25 heavy (non-hydrogen) atoms. The Morgan fingerprint density at radius 2 is 1.40 bits per heavy atom. The largest absolute Gasteiger partial charge is 0.274 e. The van der Waals surface area contributed by atoms with Crippen molar-refractivity contribution in [1.29, 1.82) is 0 Å². The van der Waals surface area contributed by atoms with Crippen LogP contribution in [0, 0.1) is 29.5 Å². The minimum atomic E-state index is -0.367. The fraction of sp³-hybridized carbons (Fsp3) is 0.429. The maximum absolute atomic E-state index is 13.2. The van der Waals surface area contributed by atoms with Crippen molar-refractivity contribution in [3.63, 3.8) is 0 Å². The number of halogens is 1. The van der Waals surface area contributed by atoms with Crippen molar-refractivity contribution in [2.24, 2.45) is 23.7 Å². The number of allylic oxidation sites excluding steroid dienone is 4. The molecule has 4 aliphatic rings. The second-order valence-electron chi connectivity index (χ2n) is 7.60. The van der Waals surface area contributed by atoms with E-state index in [1.807, 2.05) is 0 Å². The van der Waals surface area contributed by atoms with Gasteiger partial charge in [0.25, 0.3) is 0 Å². The Bertz CT molecular complexity index is 781. The van der Waals surface area contributed by atoms with Gasteiger partial charge < -0.3 is 0 Å². The van der Waals surface area contributed by atoms with Crippen LogP contribution in [-0.2, 0) is 9.59 Å². The number of hydrogen-bond donors (Lipinski definition) is 0. The third-order valence-corrected chi connectivity index (χ3v) is 6.37. The molecule has 2 amide bonds. The monoisotopic (exact) mass is 337 g/mol. The lowest BCUT2D eigenvalue weighted by Gasteiger charge is -2.23. The summed E-state index contributed by atoms with van der Waals surface area (Å²) in [5, 5.41) is 0. The Labute approximate surface area is 146 Å². The Hall–Kier alpha value is -2.23. The molecule has 1 aromatic rings. The molecule has 5 rings (SSSR count). The first-order valence-corrected chi connectivity index (χ1v) is 9.20. The van der Waals surface area contributed by atoms with Crippen LogP contribution >= 0.6 is 0 Å². The smallest absolute Gasteiger partial charge is 0.238 e. The zero-order valence-corrected chi connectivity index (χ0v) is 14.0. The first kappa shape index (κ1) is 15.1. The maximum atomic E-state index is 13.2. The van der Waals surface area contributed by atoms with Gasteiger partial charge in [-0.3, -0.25) is 9.59 Å². The molecule has 2 bridgehead atoms. The van der Waals surface area contributed by atoms with E-state index in [-0.39, 0.29) is 41.3 Å². The van der Waals surface area contributed by atoms with E-state index in [0.717, 1.165) is 12.8 Å². The lowest BCUT2D eigenvalue weighted by Crippen LogP contribution is -2.33. The van der Waals surface area contributed by atoms with Gasteiger partial charge in [-0.05, 0) is 49.9 Å². The molecule has 4 atom stereocenters. The fourth-order valence-electron chi connectivity index (χ4n) is 5.35. The molecule has 128 valence electrons. The molecule has 0 radical (unpaired) electrons. The van der Waals surface area contributed by atoms with Crippen LogP contribution in [0.15, 0.2) is 47.6 Å². The van der Waals surface area contributed by atoms with E-state index >= 15 is 0 Å². The molecule has 3 aliphatic carbocycles. The highest BCUT2D eigenvalue weighted by Gasteiger charge is 2.62. The van der Waals surface area contributed by atoms with Crippen molar-refractivity contribution in [1.82, 2.24) is 0 Å². The second kappa shape index (κ2) is 5.38. The zero-order valence-electron chi connectivity index (χ0n) is 14.0. The minimum absolute atomic E-state index is 0.0880. The van der Waals surface area contributed by atoms with E-state index < -0.39 is 0 Å². The van der Waals surface area contributed by atoms with Gasteiger partial charge in [-0.25, -0.2) is 9.29 Å². The molecule has 3 fully saturated rings. The van der Waals surface area contributed by atoms with Crippen LogP contribution in [0.4, 0.5) is 10.1 Å². The Kier molecular flexibility index (Phi) is 3.24. The normalized spacial score (nSPS) is 33.6. The van der Waals surface area contributed by atoms with Crippen molar-refractivity contribution in [2.45, 2.75) is 32.1 Å². The molecular weight excluding hydrogens is 317 g/mol. The van der Waals surface area contributed by atoms with Gasteiger partial charge in [0.2, 0.25) is 11.8 Å². The molecule has 0 unspecified atom stereocenters. The molecule has 2 saturated carbocycles. The molecule has 4 heteroatoms. The summed E-state index contributed by atoms with van der Waals surface area (Å²) >= 11 is 0. The first-order chi connectivity index (χ1) is 12.2. The number of anilines is 1.